The number of carboxylic acid groups (broad SMARTS) is 1. The van der Waals surface area contributed by atoms with Gasteiger partial charge in [-0.05, 0) is 32.4 Å². The van der Waals surface area contributed by atoms with Crippen LogP contribution in [0.25, 0.3) is 0 Å². The highest BCUT2D eigenvalue weighted by Crippen LogP contribution is 2.16. The molecule has 3 nitrogen and oxygen atoms in total. The Morgan fingerprint density at radius 2 is 2.38 bits per heavy atom. The van der Waals surface area contributed by atoms with Gasteiger partial charge in [-0.1, -0.05) is 6.08 Å². The molecule has 2 N–H and O–H groups in total. The Labute approximate surface area is 99.8 Å². The van der Waals surface area contributed by atoms with E-state index in [1.807, 2.05) is 11.3 Å². The normalized spacial score (nSPS) is 13.1. The lowest BCUT2D eigenvalue weighted by Gasteiger charge is -2.10. The van der Waals surface area contributed by atoms with Crippen molar-refractivity contribution in [3.63, 3.8) is 0 Å². The van der Waals surface area contributed by atoms with E-state index in [0.717, 1.165) is 12.5 Å². The number of carbonyl (C=O) groups is 1. The maximum atomic E-state index is 10.2. The number of thiophene rings is 1. The minimum atomic E-state index is -0.900. The molecule has 1 aromatic heterocycles. The van der Waals surface area contributed by atoms with Crippen molar-refractivity contribution < 1.29 is 9.90 Å². The monoisotopic (exact) mass is 239 g/mol. The fourth-order valence-corrected chi connectivity index (χ4v) is 2.42. The van der Waals surface area contributed by atoms with Gasteiger partial charge in [0.25, 0.3) is 0 Å². The molecule has 0 aliphatic heterocycles. The SMILES string of the molecule is Cc1ccc(CC(C)NC/C=C/C(=O)O)s1. The molecule has 0 spiro atoms. The van der Waals surface area contributed by atoms with Crippen molar-refractivity contribution in [2.75, 3.05) is 6.54 Å². The molecule has 1 rings (SSSR count). The van der Waals surface area contributed by atoms with Crippen LogP contribution in [0.2, 0.25) is 0 Å². The van der Waals surface area contributed by atoms with Crippen molar-refractivity contribution in [1.82, 2.24) is 5.32 Å². The van der Waals surface area contributed by atoms with Crippen molar-refractivity contribution >= 4 is 17.3 Å². The van der Waals surface area contributed by atoms with Gasteiger partial charge >= 0.3 is 5.97 Å². The van der Waals surface area contributed by atoms with E-state index < -0.39 is 5.97 Å². The summed E-state index contributed by atoms with van der Waals surface area (Å²) in [6.07, 6.45) is 3.77. The highest BCUT2D eigenvalue weighted by atomic mass is 32.1. The van der Waals surface area contributed by atoms with Gasteiger partial charge in [0.2, 0.25) is 0 Å². The average molecular weight is 239 g/mol. The first-order valence-electron chi connectivity index (χ1n) is 5.26. The fraction of sp³-hybridized carbons (Fsp3) is 0.417. The number of hydrogen-bond donors (Lipinski definition) is 2. The molecule has 0 saturated heterocycles. The van der Waals surface area contributed by atoms with E-state index in [1.54, 1.807) is 6.08 Å². The highest BCUT2D eigenvalue weighted by Gasteiger charge is 2.03. The average Bonchev–Trinajstić information content (AvgIpc) is 2.58. The van der Waals surface area contributed by atoms with E-state index >= 15 is 0 Å². The predicted octanol–water partition coefficient (Wildman–Crippen LogP) is 2.22. The summed E-state index contributed by atoms with van der Waals surface area (Å²) in [6.45, 7) is 4.79. The smallest absolute Gasteiger partial charge is 0.328 e. The van der Waals surface area contributed by atoms with Crippen LogP contribution in [0.15, 0.2) is 24.3 Å². The van der Waals surface area contributed by atoms with E-state index in [0.29, 0.717) is 12.6 Å². The molecular weight excluding hydrogens is 222 g/mol. The quantitative estimate of drug-likeness (QED) is 0.748. The Bertz CT molecular complexity index is 371. The van der Waals surface area contributed by atoms with Gasteiger partial charge in [-0.3, -0.25) is 0 Å². The third-order valence-electron chi connectivity index (χ3n) is 2.15. The molecule has 0 aliphatic carbocycles. The summed E-state index contributed by atoms with van der Waals surface area (Å²) in [5.41, 5.74) is 0. The molecule has 0 bridgehead atoms. The Kier molecular flexibility index (Phi) is 5.22. The minimum absolute atomic E-state index is 0.358. The number of nitrogens with one attached hydrogen (secondary N) is 1. The third kappa shape index (κ3) is 5.09. The maximum Gasteiger partial charge on any atom is 0.328 e. The molecule has 0 amide bonds. The first-order valence-corrected chi connectivity index (χ1v) is 6.07. The van der Waals surface area contributed by atoms with E-state index in [4.69, 9.17) is 5.11 Å². The van der Waals surface area contributed by atoms with E-state index in [9.17, 15) is 4.79 Å². The molecule has 0 radical (unpaired) electrons. The van der Waals surface area contributed by atoms with Crippen LogP contribution in [0.4, 0.5) is 0 Å². The lowest BCUT2D eigenvalue weighted by molar-refractivity contribution is -0.131. The summed E-state index contributed by atoms with van der Waals surface area (Å²) in [6, 6.07) is 4.62. The van der Waals surface area contributed by atoms with Crippen LogP contribution in [-0.4, -0.2) is 23.7 Å². The van der Waals surface area contributed by atoms with Gasteiger partial charge in [-0.15, -0.1) is 11.3 Å². The topological polar surface area (TPSA) is 49.3 Å². The molecule has 0 saturated carbocycles. The fourth-order valence-electron chi connectivity index (χ4n) is 1.40. The van der Waals surface area contributed by atoms with E-state index in [1.165, 1.54) is 9.75 Å². The third-order valence-corrected chi connectivity index (χ3v) is 3.17. The van der Waals surface area contributed by atoms with Crippen molar-refractivity contribution in [3.05, 3.63) is 34.0 Å². The minimum Gasteiger partial charge on any atom is -0.478 e. The Morgan fingerprint density at radius 1 is 1.62 bits per heavy atom. The van der Waals surface area contributed by atoms with Crippen LogP contribution in [0.3, 0.4) is 0 Å². The first-order chi connectivity index (χ1) is 7.58. The van der Waals surface area contributed by atoms with E-state index in [-0.39, 0.29) is 0 Å². The van der Waals surface area contributed by atoms with Crippen LogP contribution >= 0.6 is 11.3 Å². The lowest BCUT2D eigenvalue weighted by Crippen LogP contribution is -2.27. The second-order valence-corrected chi connectivity index (χ2v) is 5.14. The second-order valence-electron chi connectivity index (χ2n) is 3.77. The summed E-state index contributed by atoms with van der Waals surface area (Å²) in [7, 11) is 0. The van der Waals surface area contributed by atoms with Crippen LogP contribution in [0, 0.1) is 6.92 Å². The number of aliphatic carboxylic acids is 1. The van der Waals surface area contributed by atoms with Gasteiger partial charge in [0.05, 0.1) is 0 Å². The molecule has 88 valence electrons. The maximum absolute atomic E-state index is 10.2. The van der Waals surface area contributed by atoms with Crippen LogP contribution in [0.5, 0.6) is 0 Å². The Hall–Kier alpha value is -1.13. The summed E-state index contributed by atoms with van der Waals surface area (Å²) >= 11 is 1.81. The summed E-state index contributed by atoms with van der Waals surface area (Å²) in [5, 5.41) is 11.7. The molecule has 4 heteroatoms. The van der Waals surface area contributed by atoms with Gasteiger partial charge in [0, 0.05) is 28.4 Å². The molecule has 1 atom stereocenters. The molecule has 1 aromatic rings. The molecule has 1 heterocycles. The summed E-state index contributed by atoms with van der Waals surface area (Å²) in [4.78, 5) is 12.9. The van der Waals surface area contributed by atoms with Crippen molar-refractivity contribution in [1.29, 1.82) is 0 Å². The molecular formula is C12H17NO2S. The molecule has 0 aliphatic rings. The van der Waals surface area contributed by atoms with Crippen LogP contribution in [-0.2, 0) is 11.2 Å². The number of rotatable bonds is 6. The number of aryl methyl sites for hydroxylation is 1. The summed E-state index contributed by atoms with van der Waals surface area (Å²) < 4.78 is 0. The van der Waals surface area contributed by atoms with Gasteiger partial charge in [0.15, 0.2) is 0 Å². The van der Waals surface area contributed by atoms with Crippen LogP contribution in [0.1, 0.15) is 16.7 Å². The number of hydrogen-bond acceptors (Lipinski definition) is 3. The predicted molar refractivity (Wildman–Crippen MR) is 67.0 cm³/mol. The first kappa shape index (κ1) is 12.9. The zero-order valence-corrected chi connectivity index (χ0v) is 10.4. The summed E-state index contributed by atoms with van der Waals surface area (Å²) in [5.74, 6) is -0.900. The van der Waals surface area contributed by atoms with Gasteiger partial charge in [0.1, 0.15) is 0 Å². The van der Waals surface area contributed by atoms with Gasteiger partial charge in [-0.25, -0.2) is 4.79 Å². The standard InChI is InChI=1S/C12H17NO2S/c1-9(13-7-3-4-12(14)15)8-11-6-5-10(2)16-11/h3-6,9,13H,7-8H2,1-2H3,(H,14,15)/b4-3+. The zero-order valence-electron chi connectivity index (χ0n) is 9.56. The van der Waals surface area contributed by atoms with Crippen molar-refractivity contribution in [2.45, 2.75) is 26.3 Å². The zero-order chi connectivity index (χ0) is 12.0. The van der Waals surface area contributed by atoms with Crippen molar-refractivity contribution in [2.24, 2.45) is 0 Å². The van der Waals surface area contributed by atoms with Gasteiger partial charge in [-0.2, -0.15) is 0 Å². The second kappa shape index (κ2) is 6.45. The largest absolute Gasteiger partial charge is 0.478 e. The molecule has 16 heavy (non-hydrogen) atoms. The molecule has 0 fully saturated rings. The van der Waals surface area contributed by atoms with Crippen molar-refractivity contribution in [3.8, 4) is 0 Å². The van der Waals surface area contributed by atoms with E-state index in [2.05, 4.69) is 31.3 Å². The molecule has 1 unspecified atom stereocenters. The highest BCUT2D eigenvalue weighted by molar-refractivity contribution is 7.11. The number of carboxylic acids is 1. The molecule has 0 aromatic carbocycles. The Balaban J connectivity index is 2.26. The Morgan fingerprint density at radius 3 is 2.94 bits per heavy atom. The lowest BCUT2D eigenvalue weighted by atomic mass is 10.2. The van der Waals surface area contributed by atoms with Crippen LogP contribution < -0.4 is 5.32 Å². The van der Waals surface area contributed by atoms with Gasteiger partial charge < -0.3 is 10.4 Å².